The van der Waals surface area contributed by atoms with E-state index in [1.807, 2.05) is 36.4 Å². The number of piperidine rings is 1. The monoisotopic (exact) mass is 399 g/mol. The van der Waals surface area contributed by atoms with E-state index in [1.54, 1.807) is 24.3 Å². The topological polar surface area (TPSA) is 84.2 Å². The summed E-state index contributed by atoms with van der Waals surface area (Å²) in [5.74, 6) is 1.02. The summed E-state index contributed by atoms with van der Waals surface area (Å²) in [5.41, 5.74) is 3.99. The minimum Gasteiger partial charge on any atom is -0.357 e. The van der Waals surface area contributed by atoms with Gasteiger partial charge in [-0.1, -0.05) is 18.2 Å². The first kappa shape index (κ1) is 19.7. The molecule has 1 aliphatic rings. The summed E-state index contributed by atoms with van der Waals surface area (Å²) in [6.07, 6.45) is 2.76. The highest BCUT2D eigenvalue weighted by Gasteiger charge is 2.13. The zero-order valence-electron chi connectivity index (χ0n) is 16.8. The van der Waals surface area contributed by atoms with Gasteiger partial charge in [0.15, 0.2) is 0 Å². The SMILES string of the molecule is N#Cc1ccc(NC(O)Nc2cccc(-c3cccc(N4CCCCC4)n3)c2)cc1. The van der Waals surface area contributed by atoms with Crippen molar-refractivity contribution in [1.29, 1.82) is 5.26 Å². The molecule has 30 heavy (non-hydrogen) atoms. The number of hydrogen-bond acceptors (Lipinski definition) is 6. The van der Waals surface area contributed by atoms with Crippen LogP contribution < -0.4 is 15.5 Å². The van der Waals surface area contributed by atoms with Gasteiger partial charge in [0.05, 0.1) is 17.3 Å². The smallest absolute Gasteiger partial charge is 0.202 e. The van der Waals surface area contributed by atoms with Gasteiger partial charge in [0, 0.05) is 30.0 Å². The van der Waals surface area contributed by atoms with Gasteiger partial charge in [-0.05, 0) is 67.8 Å². The first-order valence-corrected chi connectivity index (χ1v) is 10.2. The van der Waals surface area contributed by atoms with Crippen LogP contribution in [0.2, 0.25) is 0 Å². The summed E-state index contributed by atoms with van der Waals surface area (Å²) in [7, 11) is 0. The molecular formula is C24H25N5O. The van der Waals surface area contributed by atoms with E-state index in [4.69, 9.17) is 10.2 Å². The van der Waals surface area contributed by atoms with Crippen molar-refractivity contribution in [2.24, 2.45) is 0 Å². The molecule has 0 saturated carbocycles. The van der Waals surface area contributed by atoms with Crippen LogP contribution in [0.4, 0.5) is 17.2 Å². The molecule has 1 unspecified atom stereocenters. The Morgan fingerprint density at radius 3 is 2.40 bits per heavy atom. The number of benzene rings is 2. The van der Waals surface area contributed by atoms with Crippen LogP contribution in [0.5, 0.6) is 0 Å². The number of nitriles is 1. The second kappa shape index (κ2) is 9.29. The fraction of sp³-hybridized carbons (Fsp3) is 0.250. The molecule has 0 spiro atoms. The Labute approximate surface area is 176 Å². The molecule has 1 saturated heterocycles. The molecule has 1 aromatic heterocycles. The molecule has 4 rings (SSSR count). The molecule has 0 amide bonds. The minimum atomic E-state index is -0.971. The van der Waals surface area contributed by atoms with Crippen LogP contribution in [-0.2, 0) is 0 Å². The zero-order chi connectivity index (χ0) is 20.8. The van der Waals surface area contributed by atoms with Crippen LogP contribution in [0.15, 0.2) is 66.7 Å². The molecule has 2 aromatic carbocycles. The first-order chi connectivity index (χ1) is 14.7. The lowest BCUT2D eigenvalue weighted by Gasteiger charge is -2.28. The lowest BCUT2D eigenvalue weighted by atomic mass is 10.1. The van der Waals surface area contributed by atoms with Crippen molar-refractivity contribution in [3.8, 4) is 17.3 Å². The number of aliphatic hydroxyl groups excluding tert-OH is 1. The Kier molecular flexibility index (Phi) is 6.11. The molecular weight excluding hydrogens is 374 g/mol. The first-order valence-electron chi connectivity index (χ1n) is 10.2. The average Bonchev–Trinajstić information content (AvgIpc) is 2.80. The minimum absolute atomic E-state index is 0.579. The molecule has 2 heterocycles. The Morgan fingerprint density at radius 2 is 1.63 bits per heavy atom. The van der Waals surface area contributed by atoms with E-state index in [-0.39, 0.29) is 0 Å². The summed E-state index contributed by atoms with van der Waals surface area (Å²) in [4.78, 5) is 7.21. The quantitative estimate of drug-likeness (QED) is 0.533. The van der Waals surface area contributed by atoms with E-state index in [0.29, 0.717) is 5.56 Å². The van der Waals surface area contributed by atoms with Crippen LogP contribution in [0, 0.1) is 11.3 Å². The highest BCUT2D eigenvalue weighted by molar-refractivity contribution is 5.67. The van der Waals surface area contributed by atoms with Crippen LogP contribution in [0.3, 0.4) is 0 Å². The molecule has 3 N–H and O–H groups in total. The van der Waals surface area contributed by atoms with E-state index in [9.17, 15) is 5.11 Å². The van der Waals surface area contributed by atoms with Crippen molar-refractivity contribution in [2.45, 2.75) is 25.6 Å². The number of nitrogens with zero attached hydrogens (tertiary/aromatic N) is 3. The molecule has 1 fully saturated rings. The van der Waals surface area contributed by atoms with Gasteiger partial charge in [0.25, 0.3) is 0 Å². The van der Waals surface area contributed by atoms with Crippen LogP contribution in [0.1, 0.15) is 24.8 Å². The summed E-state index contributed by atoms with van der Waals surface area (Å²) >= 11 is 0. The predicted molar refractivity (Wildman–Crippen MR) is 120 cm³/mol. The third kappa shape index (κ3) is 4.88. The lowest BCUT2D eigenvalue weighted by Crippen LogP contribution is -2.30. The van der Waals surface area contributed by atoms with Gasteiger partial charge in [-0.15, -0.1) is 0 Å². The number of pyridine rings is 1. The van der Waals surface area contributed by atoms with Gasteiger partial charge in [0.1, 0.15) is 5.82 Å². The number of rotatable bonds is 6. The molecule has 1 aliphatic heterocycles. The van der Waals surface area contributed by atoms with E-state index in [1.165, 1.54) is 19.3 Å². The summed E-state index contributed by atoms with van der Waals surface area (Å²) in [6, 6.07) is 23.0. The van der Waals surface area contributed by atoms with Crippen LogP contribution >= 0.6 is 0 Å². The van der Waals surface area contributed by atoms with E-state index >= 15 is 0 Å². The molecule has 1 atom stereocenters. The normalized spacial score (nSPS) is 14.6. The second-order valence-corrected chi connectivity index (χ2v) is 7.39. The van der Waals surface area contributed by atoms with E-state index in [0.717, 1.165) is 41.5 Å². The van der Waals surface area contributed by atoms with E-state index < -0.39 is 6.35 Å². The molecule has 0 aliphatic carbocycles. The highest BCUT2D eigenvalue weighted by Crippen LogP contribution is 2.25. The Bertz CT molecular complexity index is 1020. The molecule has 3 aromatic rings. The van der Waals surface area contributed by atoms with Gasteiger partial charge in [0.2, 0.25) is 6.35 Å². The number of aliphatic hydroxyl groups is 1. The van der Waals surface area contributed by atoms with Crippen LogP contribution in [-0.4, -0.2) is 29.5 Å². The van der Waals surface area contributed by atoms with Crippen molar-refractivity contribution in [2.75, 3.05) is 28.6 Å². The van der Waals surface area contributed by atoms with Crippen molar-refractivity contribution < 1.29 is 5.11 Å². The van der Waals surface area contributed by atoms with Gasteiger partial charge >= 0.3 is 0 Å². The van der Waals surface area contributed by atoms with Gasteiger partial charge in [-0.3, -0.25) is 0 Å². The number of aromatic nitrogens is 1. The third-order valence-electron chi connectivity index (χ3n) is 5.19. The zero-order valence-corrected chi connectivity index (χ0v) is 16.8. The summed E-state index contributed by atoms with van der Waals surface area (Å²) in [5, 5.41) is 25.2. The lowest BCUT2D eigenvalue weighted by molar-refractivity contribution is 0.233. The Balaban J connectivity index is 1.45. The van der Waals surface area contributed by atoms with Crippen molar-refractivity contribution in [1.82, 2.24) is 4.98 Å². The van der Waals surface area contributed by atoms with Gasteiger partial charge in [-0.2, -0.15) is 5.26 Å². The van der Waals surface area contributed by atoms with Gasteiger partial charge in [-0.25, -0.2) is 4.98 Å². The molecule has 0 radical (unpaired) electrons. The fourth-order valence-corrected chi connectivity index (χ4v) is 3.64. The Morgan fingerprint density at radius 1 is 0.900 bits per heavy atom. The highest BCUT2D eigenvalue weighted by atomic mass is 16.3. The maximum atomic E-state index is 10.3. The number of nitrogens with one attached hydrogen (secondary N) is 2. The van der Waals surface area contributed by atoms with Crippen molar-refractivity contribution >= 4 is 17.2 Å². The van der Waals surface area contributed by atoms with E-state index in [2.05, 4.69) is 27.7 Å². The third-order valence-corrected chi connectivity index (χ3v) is 5.19. The van der Waals surface area contributed by atoms with Crippen molar-refractivity contribution in [3.05, 3.63) is 72.3 Å². The number of hydrogen-bond donors (Lipinski definition) is 3. The predicted octanol–water partition coefficient (Wildman–Crippen LogP) is 4.41. The molecule has 152 valence electrons. The van der Waals surface area contributed by atoms with Crippen molar-refractivity contribution in [3.63, 3.8) is 0 Å². The van der Waals surface area contributed by atoms with Crippen LogP contribution in [0.25, 0.3) is 11.3 Å². The summed E-state index contributed by atoms with van der Waals surface area (Å²) in [6.45, 7) is 2.12. The second-order valence-electron chi connectivity index (χ2n) is 7.39. The molecule has 6 heteroatoms. The Hall–Kier alpha value is -3.56. The molecule has 6 nitrogen and oxygen atoms in total. The standard InChI is InChI=1S/C24H25N5O/c25-17-18-10-12-20(13-11-18)26-24(30)27-21-7-4-6-19(16-21)22-8-5-9-23(28-22)29-14-2-1-3-15-29/h4-13,16,24,26-27,30H,1-3,14-15H2. The van der Waals surface area contributed by atoms with Gasteiger partial charge < -0.3 is 20.6 Å². The fourth-order valence-electron chi connectivity index (χ4n) is 3.64. The largest absolute Gasteiger partial charge is 0.357 e. The average molecular weight is 399 g/mol. The summed E-state index contributed by atoms with van der Waals surface area (Å²) < 4.78 is 0. The molecule has 0 bridgehead atoms. The number of anilines is 3. The maximum absolute atomic E-state index is 10.3. The maximum Gasteiger partial charge on any atom is 0.202 e.